The zero-order valence-electron chi connectivity index (χ0n) is 12.3. The highest BCUT2D eigenvalue weighted by Crippen LogP contribution is 2.22. The molecule has 3 unspecified atom stereocenters. The molecule has 118 valence electrons. The molecule has 1 aliphatic heterocycles. The first-order valence-corrected chi connectivity index (χ1v) is 7.73. The van der Waals surface area contributed by atoms with Crippen LogP contribution in [-0.4, -0.2) is 29.9 Å². The van der Waals surface area contributed by atoms with Crippen molar-refractivity contribution in [3.63, 3.8) is 0 Å². The molecule has 0 radical (unpaired) electrons. The van der Waals surface area contributed by atoms with Gasteiger partial charge in [0.25, 0.3) is 0 Å². The zero-order chi connectivity index (χ0) is 15.5. The van der Waals surface area contributed by atoms with Crippen molar-refractivity contribution < 1.29 is 14.0 Å². The molecule has 0 aromatic heterocycles. The maximum atomic E-state index is 13.1. The topological polar surface area (TPSA) is 70.2 Å². The summed E-state index contributed by atoms with van der Waals surface area (Å²) in [6, 6.07) is 5.63. The molecule has 6 heteroatoms. The van der Waals surface area contributed by atoms with Crippen LogP contribution in [0.3, 0.4) is 0 Å². The van der Waals surface area contributed by atoms with E-state index in [1.165, 1.54) is 18.2 Å². The number of carbonyl (C=O) groups is 2. The highest BCUT2D eigenvalue weighted by molar-refractivity contribution is 5.95. The molecule has 1 aromatic rings. The second-order valence-corrected chi connectivity index (χ2v) is 5.99. The molecule has 1 saturated heterocycles. The first-order chi connectivity index (χ1) is 10.6. The van der Waals surface area contributed by atoms with Crippen molar-refractivity contribution in [3.05, 3.63) is 30.1 Å². The summed E-state index contributed by atoms with van der Waals surface area (Å²) in [6.07, 6.45) is 4.34. The van der Waals surface area contributed by atoms with Crippen LogP contribution in [0.5, 0.6) is 0 Å². The molecular weight excluding hydrogens is 285 g/mol. The van der Waals surface area contributed by atoms with Crippen LogP contribution in [0.2, 0.25) is 0 Å². The van der Waals surface area contributed by atoms with Crippen molar-refractivity contribution in [2.24, 2.45) is 0 Å². The van der Waals surface area contributed by atoms with E-state index in [1.807, 2.05) is 0 Å². The maximum absolute atomic E-state index is 13.1. The first-order valence-electron chi connectivity index (χ1n) is 7.73. The Morgan fingerprint density at radius 2 is 2.05 bits per heavy atom. The molecule has 0 bridgehead atoms. The lowest BCUT2D eigenvalue weighted by Crippen LogP contribution is -2.65. The Balaban J connectivity index is 1.57. The molecule has 2 amide bonds. The minimum Gasteiger partial charge on any atom is -0.350 e. The molecule has 3 N–H and O–H groups in total. The number of hydrogen-bond donors (Lipinski definition) is 3. The van der Waals surface area contributed by atoms with Gasteiger partial charge < -0.3 is 16.0 Å². The molecule has 3 rings (SSSR count). The lowest BCUT2D eigenvalue weighted by molar-refractivity contribution is -0.129. The van der Waals surface area contributed by atoms with Crippen molar-refractivity contribution in [1.82, 2.24) is 10.6 Å². The van der Waals surface area contributed by atoms with Crippen LogP contribution in [0, 0.1) is 5.82 Å². The second kappa shape index (κ2) is 6.44. The molecule has 1 saturated carbocycles. The molecular formula is C16H20FN3O2. The third kappa shape index (κ3) is 3.44. The standard InChI is InChI=1S/C16H20FN3O2/c17-10-4-3-5-11(8-10)18-15(21)9-14-16(22)20-13-7-2-1-6-12(13)19-14/h3-5,8,12-14,19H,1-2,6-7,9H2,(H,18,21)(H,20,22). The minimum absolute atomic E-state index is 0.0472. The van der Waals surface area contributed by atoms with Gasteiger partial charge in [-0.25, -0.2) is 4.39 Å². The zero-order valence-corrected chi connectivity index (χ0v) is 12.3. The van der Waals surface area contributed by atoms with Gasteiger partial charge in [0.05, 0.1) is 12.5 Å². The maximum Gasteiger partial charge on any atom is 0.237 e. The number of benzene rings is 1. The van der Waals surface area contributed by atoms with Crippen molar-refractivity contribution in [1.29, 1.82) is 0 Å². The number of amides is 2. The average molecular weight is 305 g/mol. The Bertz CT molecular complexity index is 578. The lowest BCUT2D eigenvalue weighted by atomic mass is 9.87. The molecule has 22 heavy (non-hydrogen) atoms. The molecule has 1 heterocycles. The molecule has 1 aromatic carbocycles. The van der Waals surface area contributed by atoms with E-state index in [2.05, 4.69) is 16.0 Å². The third-order valence-electron chi connectivity index (χ3n) is 4.32. The largest absolute Gasteiger partial charge is 0.350 e. The van der Waals surface area contributed by atoms with Gasteiger partial charge in [0.2, 0.25) is 11.8 Å². The summed E-state index contributed by atoms with van der Waals surface area (Å²) in [7, 11) is 0. The number of hydrogen-bond acceptors (Lipinski definition) is 3. The number of nitrogens with one attached hydrogen (secondary N) is 3. The number of piperazine rings is 1. The Labute approximate surface area is 128 Å². The first kappa shape index (κ1) is 15.0. The smallest absolute Gasteiger partial charge is 0.237 e. The highest BCUT2D eigenvalue weighted by atomic mass is 19.1. The Kier molecular flexibility index (Phi) is 4.38. The fraction of sp³-hybridized carbons (Fsp3) is 0.500. The quantitative estimate of drug-likeness (QED) is 0.793. The lowest BCUT2D eigenvalue weighted by Gasteiger charge is -2.40. The number of fused-ring (bicyclic) bond motifs is 1. The summed E-state index contributed by atoms with van der Waals surface area (Å²) in [4.78, 5) is 24.1. The molecule has 2 fully saturated rings. The van der Waals surface area contributed by atoms with Crippen LogP contribution in [0.1, 0.15) is 32.1 Å². The van der Waals surface area contributed by atoms with Crippen molar-refractivity contribution >= 4 is 17.5 Å². The summed E-state index contributed by atoms with van der Waals surface area (Å²) in [5.41, 5.74) is 0.400. The Morgan fingerprint density at radius 1 is 1.27 bits per heavy atom. The van der Waals surface area contributed by atoms with Crippen LogP contribution in [0.15, 0.2) is 24.3 Å². The van der Waals surface area contributed by atoms with E-state index < -0.39 is 11.9 Å². The monoisotopic (exact) mass is 305 g/mol. The van der Waals surface area contributed by atoms with Gasteiger partial charge in [-0.2, -0.15) is 0 Å². The molecule has 5 nitrogen and oxygen atoms in total. The van der Waals surface area contributed by atoms with Crippen LogP contribution in [0.25, 0.3) is 0 Å². The number of halogens is 1. The van der Waals surface area contributed by atoms with Crippen LogP contribution >= 0.6 is 0 Å². The summed E-state index contributed by atoms with van der Waals surface area (Å²) >= 11 is 0. The molecule has 2 aliphatic rings. The molecule has 1 aliphatic carbocycles. The van der Waals surface area contributed by atoms with Gasteiger partial charge >= 0.3 is 0 Å². The van der Waals surface area contributed by atoms with Crippen molar-refractivity contribution in [2.45, 2.75) is 50.2 Å². The number of anilines is 1. The van der Waals surface area contributed by atoms with Gasteiger partial charge in [-0.1, -0.05) is 18.9 Å². The predicted octanol–water partition coefficient (Wildman–Crippen LogP) is 1.55. The van der Waals surface area contributed by atoms with Gasteiger partial charge in [0.15, 0.2) is 0 Å². The van der Waals surface area contributed by atoms with Gasteiger partial charge in [-0.15, -0.1) is 0 Å². The summed E-state index contributed by atoms with van der Waals surface area (Å²) in [6.45, 7) is 0. The Hall–Kier alpha value is -1.95. The van der Waals surface area contributed by atoms with Crippen molar-refractivity contribution in [3.8, 4) is 0 Å². The van der Waals surface area contributed by atoms with E-state index in [-0.39, 0.29) is 30.3 Å². The normalized spacial score (nSPS) is 27.7. The number of carbonyl (C=O) groups excluding carboxylic acids is 2. The van der Waals surface area contributed by atoms with Crippen LogP contribution in [0.4, 0.5) is 10.1 Å². The molecule has 3 atom stereocenters. The van der Waals surface area contributed by atoms with E-state index >= 15 is 0 Å². The van der Waals surface area contributed by atoms with Crippen LogP contribution in [-0.2, 0) is 9.59 Å². The van der Waals surface area contributed by atoms with E-state index in [4.69, 9.17) is 0 Å². The summed E-state index contributed by atoms with van der Waals surface area (Å²) in [5.74, 6) is -0.832. The number of rotatable bonds is 3. The van der Waals surface area contributed by atoms with Crippen molar-refractivity contribution in [2.75, 3.05) is 5.32 Å². The fourth-order valence-electron chi connectivity index (χ4n) is 3.24. The van der Waals surface area contributed by atoms with E-state index in [1.54, 1.807) is 6.07 Å². The highest BCUT2D eigenvalue weighted by Gasteiger charge is 2.36. The summed E-state index contributed by atoms with van der Waals surface area (Å²) in [5, 5.41) is 8.92. The van der Waals surface area contributed by atoms with E-state index in [0.29, 0.717) is 5.69 Å². The van der Waals surface area contributed by atoms with E-state index in [9.17, 15) is 14.0 Å². The van der Waals surface area contributed by atoms with Gasteiger partial charge in [0.1, 0.15) is 5.82 Å². The van der Waals surface area contributed by atoms with Gasteiger partial charge in [0, 0.05) is 17.8 Å². The SMILES string of the molecule is O=C(CC1NC2CCCCC2NC1=O)Nc1cccc(F)c1. The Morgan fingerprint density at radius 3 is 2.82 bits per heavy atom. The fourth-order valence-corrected chi connectivity index (χ4v) is 3.24. The minimum atomic E-state index is -0.520. The third-order valence-corrected chi connectivity index (χ3v) is 4.32. The van der Waals surface area contributed by atoms with Gasteiger partial charge in [-0.05, 0) is 31.0 Å². The second-order valence-electron chi connectivity index (χ2n) is 5.99. The van der Waals surface area contributed by atoms with Gasteiger partial charge in [-0.3, -0.25) is 9.59 Å². The predicted molar refractivity (Wildman–Crippen MR) is 80.8 cm³/mol. The summed E-state index contributed by atoms with van der Waals surface area (Å²) < 4.78 is 13.1. The molecule has 0 spiro atoms. The average Bonchev–Trinajstić information content (AvgIpc) is 2.48. The van der Waals surface area contributed by atoms with E-state index in [0.717, 1.165) is 25.7 Å². The van der Waals surface area contributed by atoms with Crippen LogP contribution < -0.4 is 16.0 Å².